The van der Waals surface area contributed by atoms with Crippen molar-refractivity contribution in [2.24, 2.45) is 7.05 Å². The van der Waals surface area contributed by atoms with Gasteiger partial charge in [0.2, 0.25) is 0 Å². The van der Waals surface area contributed by atoms with Gasteiger partial charge < -0.3 is 15.4 Å². The molecule has 2 amide bonds. The van der Waals surface area contributed by atoms with Crippen molar-refractivity contribution >= 4 is 6.03 Å². The summed E-state index contributed by atoms with van der Waals surface area (Å²) in [5.74, 6) is 1.11. The Kier molecular flexibility index (Phi) is 4.50. The van der Waals surface area contributed by atoms with Crippen LogP contribution in [-0.4, -0.2) is 35.0 Å². The monoisotopic (exact) mass is 314 g/mol. The molecule has 0 radical (unpaired) electrons. The normalized spacial score (nSPS) is 17.2. The van der Waals surface area contributed by atoms with Crippen LogP contribution in [0.1, 0.15) is 24.0 Å². The fraction of sp³-hybridized carbons (Fsp3) is 0.412. The molecule has 2 N–H and O–H groups in total. The van der Waals surface area contributed by atoms with Gasteiger partial charge in [-0.3, -0.25) is 4.68 Å². The van der Waals surface area contributed by atoms with Crippen molar-refractivity contribution in [1.82, 2.24) is 20.4 Å². The maximum atomic E-state index is 12.0. The summed E-state index contributed by atoms with van der Waals surface area (Å²) in [5.41, 5.74) is 2.27. The SMILES string of the molecule is C[C@H](NC(=O)NCCc1cnn(C)c1)[C@@H]1COc2ccccc21. The zero-order chi connectivity index (χ0) is 16.2. The Balaban J connectivity index is 1.46. The third-order valence-electron chi connectivity index (χ3n) is 4.16. The van der Waals surface area contributed by atoms with Crippen molar-refractivity contribution in [3.8, 4) is 5.75 Å². The predicted octanol–water partition coefficient (Wildman–Crippen LogP) is 1.83. The number of para-hydroxylation sites is 1. The van der Waals surface area contributed by atoms with Crippen LogP contribution in [0.15, 0.2) is 36.7 Å². The maximum absolute atomic E-state index is 12.0. The lowest BCUT2D eigenvalue weighted by atomic mass is 9.94. The molecule has 1 aliphatic rings. The molecule has 2 aromatic rings. The van der Waals surface area contributed by atoms with Gasteiger partial charge in [0, 0.05) is 37.3 Å². The first-order valence-corrected chi connectivity index (χ1v) is 7.87. The van der Waals surface area contributed by atoms with Gasteiger partial charge in [0.05, 0.1) is 12.8 Å². The van der Waals surface area contributed by atoms with E-state index in [9.17, 15) is 4.79 Å². The maximum Gasteiger partial charge on any atom is 0.315 e. The first-order valence-electron chi connectivity index (χ1n) is 7.87. The number of nitrogens with one attached hydrogen (secondary N) is 2. The molecule has 1 aliphatic heterocycles. The number of carbonyl (C=O) groups excluding carboxylic acids is 1. The van der Waals surface area contributed by atoms with Crippen LogP contribution in [-0.2, 0) is 13.5 Å². The lowest BCUT2D eigenvalue weighted by Crippen LogP contribution is -2.44. The van der Waals surface area contributed by atoms with Gasteiger partial charge in [0.1, 0.15) is 5.75 Å². The fourth-order valence-electron chi connectivity index (χ4n) is 2.88. The molecule has 0 saturated heterocycles. The Morgan fingerprint density at radius 1 is 1.48 bits per heavy atom. The molecule has 0 spiro atoms. The number of rotatable bonds is 5. The Bertz CT molecular complexity index is 683. The van der Waals surface area contributed by atoms with Gasteiger partial charge in [-0.25, -0.2) is 4.79 Å². The number of amides is 2. The van der Waals surface area contributed by atoms with E-state index in [0.29, 0.717) is 13.2 Å². The van der Waals surface area contributed by atoms with E-state index in [0.717, 1.165) is 23.3 Å². The van der Waals surface area contributed by atoms with Gasteiger partial charge in [-0.1, -0.05) is 18.2 Å². The summed E-state index contributed by atoms with van der Waals surface area (Å²) >= 11 is 0. The quantitative estimate of drug-likeness (QED) is 0.884. The highest BCUT2D eigenvalue weighted by atomic mass is 16.5. The summed E-state index contributed by atoms with van der Waals surface area (Å²) in [6, 6.07) is 7.86. The second-order valence-corrected chi connectivity index (χ2v) is 5.92. The van der Waals surface area contributed by atoms with Crippen LogP contribution in [0.4, 0.5) is 4.79 Å². The average molecular weight is 314 g/mol. The molecule has 2 atom stereocenters. The van der Waals surface area contributed by atoms with E-state index >= 15 is 0 Å². The number of urea groups is 1. The number of benzene rings is 1. The van der Waals surface area contributed by atoms with Crippen LogP contribution >= 0.6 is 0 Å². The number of ether oxygens (including phenoxy) is 1. The zero-order valence-corrected chi connectivity index (χ0v) is 13.5. The van der Waals surface area contributed by atoms with Crippen molar-refractivity contribution in [1.29, 1.82) is 0 Å². The molecule has 23 heavy (non-hydrogen) atoms. The molecule has 2 heterocycles. The smallest absolute Gasteiger partial charge is 0.315 e. The highest BCUT2D eigenvalue weighted by Gasteiger charge is 2.29. The highest BCUT2D eigenvalue weighted by Crippen LogP contribution is 2.35. The molecule has 1 aromatic carbocycles. The largest absolute Gasteiger partial charge is 0.493 e. The Labute approximate surface area is 135 Å². The first kappa shape index (κ1) is 15.4. The molecule has 0 bridgehead atoms. The molecular formula is C17H22N4O2. The lowest BCUT2D eigenvalue weighted by Gasteiger charge is -2.20. The van der Waals surface area contributed by atoms with E-state index in [4.69, 9.17) is 4.74 Å². The predicted molar refractivity (Wildman–Crippen MR) is 87.6 cm³/mol. The Morgan fingerprint density at radius 3 is 3.09 bits per heavy atom. The average Bonchev–Trinajstić information content (AvgIpc) is 3.13. The Hall–Kier alpha value is -2.50. The van der Waals surface area contributed by atoms with Gasteiger partial charge >= 0.3 is 6.03 Å². The Morgan fingerprint density at radius 2 is 2.30 bits per heavy atom. The van der Waals surface area contributed by atoms with E-state index < -0.39 is 0 Å². The van der Waals surface area contributed by atoms with E-state index in [1.807, 2.05) is 44.6 Å². The van der Waals surface area contributed by atoms with Gasteiger partial charge in [0.25, 0.3) is 0 Å². The van der Waals surface area contributed by atoms with Crippen LogP contribution in [0.25, 0.3) is 0 Å². The van der Waals surface area contributed by atoms with Gasteiger partial charge in [-0.15, -0.1) is 0 Å². The third kappa shape index (κ3) is 3.64. The van der Waals surface area contributed by atoms with Crippen LogP contribution in [0.3, 0.4) is 0 Å². The number of fused-ring (bicyclic) bond motifs is 1. The van der Waals surface area contributed by atoms with Gasteiger partial charge in [-0.05, 0) is 25.0 Å². The van der Waals surface area contributed by atoms with Crippen molar-refractivity contribution in [2.45, 2.75) is 25.3 Å². The molecule has 122 valence electrons. The molecule has 3 rings (SSSR count). The highest BCUT2D eigenvalue weighted by molar-refractivity contribution is 5.74. The molecule has 0 aliphatic carbocycles. The van der Waals surface area contributed by atoms with Crippen molar-refractivity contribution in [2.75, 3.05) is 13.2 Å². The fourth-order valence-corrected chi connectivity index (χ4v) is 2.88. The van der Waals surface area contributed by atoms with E-state index in [-0.39, 0.29) is 18.0 Å². The molecule has 0 unspecified atom stereocenters. The third-order valence-corrected chi connectivity index (χ3v) is 4.16. The zero-order valence-electron chi connectivity index (χ0n) is 13.5. The molecule has 6 nitrogen and oxygen atoms in total. The topological polar surface area (TPSA) is 68.2 Å². The number of nitrogens with zero attached hydrogens (tertiary/aromatic N) is 2. The summed E-state index contributed by atoms with van der Waals surface area (Å²) in [5, 5.41) is 10.0. The van der Waals surface area contributed by atoms with Crippen LogP contribution in [0, 0.1) is 0 Å². The van der Waals surface area contributed by atoms with E-state index in [1.54, 1.807) is 4.68 Å². The molecular weight excluding hydrogens is 292 g/mol. The molecule has 1 aromatic heterocycles. The molecule has 6 heteroatoms. The standard InChI is InChI=1S/C17H22N4O2/c1-12(15-11-23-16-6-4-3-5-14(15)16)20-17(22)18-8-7-13-9-19-21(2)10-13/h3-6,9-10,12,15H,7-8,11H2,1-2H3,(H2,18,20,22)/t12-,15-/m0/s1. The number of aryl methyl sites for hydroxylation is 1. The minimum absolute atomic E-state index is 0.0111. The summed E-state index contributed by atoms with van der Waals surface area (Å²) in [4.78, 5) is 12.0. The number of aromatic nitrogens is 2. The first-order chi connectivity index (χ1) is 11.1. The van der Waals surface area contributed by atoms with Crippen molar-refractivity contribution < 1.29 is 9.53 Å². The minimum Gasteiger partial charge on any atom is -0.493 e. The number of carbonyl (C=O) groups is 1. The summed E-state index contributed by atoms with van der Waals surface area (Å²) in [6.07, 6.45) is 4.54. The van der Waals surface area contributed by atoms with Gasteiger partial charge in [0.15, 0.2) is 0 Å². The second-order valence-electron chi connectivity index (χ2n) is 5.92. The van der Waals surface area contributed by atoms with Gasteiger partial charge in [-0.2, -0.15) is 5.10 Å². The van der Waals surface area contributed by atoms with Crippen LogP contribution in [0.5, 0.6) is 5.75 Å². The molecule has 0 saturated carbocycles. The van der Waals surface area contributed by atoms with E-state index in [2.05, 4.69) is 21.8 Å². The van der Waals surface area contributed by atoms with Crippen molar-refractivity contribution in [3.05, 3.63) is 47.8 Å². The van der Waals surface area contributed by atoms with E-state index in [1.165, 1.54) is 0 Å². The van der Waals surface area contributed by atoms with Crippen LogP contribution in [0.2, 0.25) is 0 Å². The summed E-state index contributed by atoms with van der Waals surface area (Å²) in [7, 11) is 1.88. The summed E-state index contributed by atoms with van der Waals surface area (Å²) < 4.78 is 7.43. The second kappa shape index (κ2) is 6.73. The van der Waals surface area contributed by atoms with Crippen molar-refractivity contribution in [3.63, 3.8) is 0 Å². The lowest BCUT2D eigenvalue weighted by molar-refractivity contribution is 0.233. The van der Waals surface area contributed by atoms with Crippen LogP contribution < -0.4 is 15.4 Å². The molecule has 0 fully saturated rings. The number of hydrogen-bond donors (Lipinski definition) is 2. The number of hydrogen-bond acceptors (Lipinski definition) is 3. The summed E-state index contributed by atoms with van der Waals surface area (Å²) in [6.45, 7) is 3.20. The minimum atomic E-state index is -0.147.